The van der Waals surface area contributed by atoms with Crippen molar-refractivity contribution in [3.05, 3.63) is 54.1 Å². The van der Waals surface area contributed by atoms with Crippen molar-refractivity contribution in [2.24, 2.45) is 0 Å². The lowest BCUT2D eigenvalue weighted by Gasteiger charge is -2.34. The fourth-order valence-electron chi connectivity index (χ4n) is 2.79. The van der Waals surface area contributed by atoms with Crippen molar-refractivity contribution in [1.29, 1.82) is 0 Å². The topological polar surface area (TPSA) is 55.6 Å². The number of amides is 1. The monoisotopic (exact) mass is 296 g/mol. The summed E-state index contributed by atoms with van der Waals surface area (Å²) < 4.78 is 5.93. The number of carbonyl (C=O) groups excluding carboxylic acids is 1. The van der Waals surface area contributed by atoms with Crippen LogP contribution in [0, 0.1) is 0 Å². The minimum absolute atomic E-state index is 0.0166. The predicted octanol–water partition coefficient (Wildman–Crippen LogP) is 3.02. The number of hydrogen-bond acceptors (Lipinski definition) is 3. The van der Waals surface area contributed by atoms with Crippen molar-refractivity contribution in [2.75, 3.05) is 17.2 Å². The maximum atomic E-state index is 12.7. The molecule has 0 aliphatic carbocycles. The van der Waals surface area contributed by atoms with Crippen molar-refractivity contribution >= 4 is 17.3 Å². The highest BCUT2D eigenvalue weighted by atomic mass is 16.5. The zero-order valence-electron chi connectivity index (χ0n) is 12.7. The van der Waals surface area contributed by atoms with Crippen LogP contribution in [0.5, 0.6) is 5.75 Å². The molecule has 3 rings (SSSR count). The van der Waals surface area contributed by atoms with E-state index in [4.69, 9.17) is 10.5 Å². The molecule has 0 spiro atoms. The average molecular weight is 296 g/mol. The fourth-order valence-corrected chi connectivity index (χ4v) is 2.79. The highest BCUT2D eigenvalue weighted by Gasteiger charge is 2.33. The van der Waals surface area contributed by atoms with Crippen molar-refractivity contribution in [1.82, 2.24) is 0 Å². The Bertz CT molecular complexity index is 684. The summed E-state index contributed by atoms with van der Waals surface area (Å²) in [6.07, 6.45) is 0.937. The van der Waals surface area contributed by atoms with Gasteiger partial charge in [0.1, 0.15) is 5.75 Å². The van der Waals surface area contributed by atoms with Crippen molar-refractivity contribution in [2.45, 2.75) is 25.9 Å². The molecule has 1 amide bonds. The van der Waals surface area contributed by atoms with Crippen LogP contribution in [0.3, 0.4) is 0 Å². The van der Waals surface area contributed by atoms with Gasteiger partial charge in [-0.2, -0.15) is 0 Å². The summed E-state index contributed by atoms with van der Waals surface area (Å²) in [7, 11) is 0. The number of benzene rings is 2. The molecule has 1 aliphatic rings. The molecule has 0 fully saturated rings. The van der Waals surface area contributed by atoms with Gasteiger partial charge in [-0.05, 0) is 36.2 Å². The minimum Gasteiger partial charge on any atom is -0.478 e. The van der Waals surface area contributed by atoms with E-state index in [-0.39, 0.29) is 5.91 Å². The van der Waals surface area contributed by atoms with Gasteiger partial charge in [0.25, 0.3) is 5.91 Å². The van der Waals surface area contributed by atoms with Crippen LogP contribution in [0.1, 0.15) is 18.9 Å². The summed E-state index contributed by atoms with van der Waals surface area (Å²) in [5.41, 5.74) is 8.38. The van der Waals surface area contributed by atoms with Crippen molar-refractivity contribution < 1.29 is 9.53 Å². The Kier molecular flexibility index (Phi) is 4.00. The van der Waals surface area contributed by atoms with Gasteiger partial charge in [-0.15, -0.1) is 0 Å². The van der Waals surface area contributed by atoms with Gasteiger partial charge >= 0.3 is 0 Å². The third-order valence-electron chi connectivity index (χ3n) is 3.79. The van der Waals surface area contributed by atoms with Crippen LogP contribution in [0.15, 0.2) is 48.5 Å². The van der Waals surface area contributed by atoms with Crippen LogP contribution in [-0.4, -0.2) is 18.6 Å². The molecule has 114 valence electrons. The van der Waals surface area contributed by atoms with E-state index in [2.05, 4.69) is 6.92 Å². The van der Waals surface area contributed by atoms with Gasteiger partial charge in [-0.25, -0.2) is 0 Å². The zero-order valence-corrected chi connectivity index (χ0v) is 12.7. The summed E-state index contributed by atoms with van der Waals surface area (Å²) in [6, 6.07) is 15.3. The molecule has 1 heterocycles. The molecular weight excluding hydrogens is 276 g/mol. The first kappa shape index (κ1) is 14.4. The Morgan fingerprint density at radius 2 is 2.00 bits per heavy atom. The lowest BCUT2D eigenvalue weighted by atomic mass is 10.0. The van der Waals surface area contributed by atoms with E-state index in [1.165, 1.54) is 0 Å². The van der Waals surface area contributed by atoms with Crippen molar-refractivity contribution in [3.63, 3.8) is 0 Å². The summed E-state index contributed by atoms with van der Waals surface area (Å²) >= 11 is 0. The molecule has 4 nitrogen and oxygen atoms in total. The Balaban J connectivity index is 1.89. The van der Waals surface area contributed by atoms with Gasteiger partial charge in [0, 0.05) is 18.7 Å². The van der Waals surface area contributed by atoms with Crippen LogP contribution in [-0.2, 0) is 11.2 Å². The second-order valence-corrected chi connectivity index (χ2v) is 5.51. The maximum Gasteiger partial charge on any atom is 0.268 e. The molecule has 2 aromatic carbocycles. The van der Waals surface area contributed by atoms with Gasteiger partial charge in [0.15, 0.2) is 6.10 Å². The maximum absolute atomic E-state index is 12.7. The molecule has 2 aromatic rings. The standard InChI is InChI=1S/C18H20N2O2/c1-2-10-20-15-8-3-4-9-16(15)22-17(18(20)21)12-13-6-5-7-14(19)11-13/h3-9,11,17H,2,10,12,19H2,1H3. The first-order valence-electron chi connectivity index (χ1n) is 7.60. The summed E-state index contributed by atoms with van der Waals surface area (Å²) in [5.74, 6) is 0.785. The van der Waals surface area contributed by atoms with E-state index in [0.29, 0.717) is 18.7 Å². The summed E-state index contributed by atoms with van der Waals surface area (Å²) in [4.78, 5) is 14.6. The highest BCUT2D eigenvalue weighted by Crippen LogP contribution is 2.34. The second-order valence-electron chi connectivity index (χ2n) is 5.51. The molecule has 0 bridgehead atoms. The average Bonchev–Trinajstić information content (AvgIpc) is 2.51. The third-order valence-corrected chi connectivity index (χ3v) is 3.79. The first-order chi connectivity index (χ1) is 10.7. The molecule has 0 saturated heterocycles. The number of fused-ring (bicyclic) bond motifs is 1. The van der Waals surface area contributed by atoms with Gasteiger partial charge in [0.2, 0.25) is 0 Å². The highest BCUT2D eigenvalue weighted by molar-refractivity contribution is 6.00. The Labute approximate surface area is 130 Å². The quantitative estimate of drug-likeness (QED) is 0.882. The number of para-hydroxylation sites is 2. The number of nitrogens with zero attached hydrogens (tertiary/aromatic N) is 1. The Morgan fingerprint density at radius 1 is 1.18 bits per heavy atom. The van der Waals surface area contributed by atoms with Gasteiger partial charge in [-0.1, -0.05) is 31.2 Å². The first-order valence-corrected chi connectivity index (χ1v) is 7.60. The van der Waals surface area contributed by atoms with E-state index in [9.17, 15) is 4.79 Å². The normalized spacial score (nSPS) is 17.0. The van der Waals surface area contributed by atoms with E-state index in [0.717, 1.165) is 23.4 Å². The van der Waals surface area contributed by atoms with Gasteiger partial charge in [0.05, 0.1) is 5.69 Å². The molecule has 2 N–H and O–H groups in total. The van der Waals surface area contributed by atoms with Crippen LogP contribution in [0.4, 0.5) is 11.4 Å². The van der Waals surface area contributed by atoms with E-state index >= 15 is 0 Å². The van der Waals surface area contributed by atoms with E-state index in [1.807, 2.05) is 53.4 Å². The molecule has 1 atom stereocenters. The van der Waals surface area contributed by atoms with E-state index < -0.39 is 6.10 Å². The number of ether oxygens (including phenoxy) is 1. The van der Waals surface area contributed by atoms with Crippen molar-refractivity contribution in [3.8, 4) is 5.75 Å². The van der Waals surface area contributed by atoms with Crippen LogP contribution >= 0.6 is 0 Å². The van der Waals surface area contributed by atoms with Crippen LogP contribution in [0.2, 0.25) is 0 Å². The van der Waals surface area contributed by atoms with Gasteiger partial charge in [-0.3, -0.25) is 4.79 Å². The molecule has 0 saturated carbocycles. The minimum atomic E-state index is -0.497. The second kappa shape index (κ2) is 6.10. The number of nitrogen functional groups attached to an aromatic ring is 1. The molecule has 22 heavy (non-hydrogen) atoms. The molecule has 1 aliphatic heterocycles. The fraction of sp³-hybridized carbons (Fsp3) is 0.278. The number of carbonyl (C=O) groups is 1. The van der Waals surface area contributed by atoms with Gasteiger partial charge < -0.3 is 15.4 Å². The van der Waals surface area contributed by atoms with Crippen LogP contribution < -0.4 is 15.4 Å². The number of rotatable bonds is 4. The lowest BCUT2D eigenvalue weighted by Crippen LogP contribution is -2.47. The summed E-state index contributed by atoms with van der Waals surface area (Å²) in [6.45, 7) is 2.77. The summed E-state index contributed by atoms with van der Waals surface area (Å²) in [5, 5.41) is 0. The number of nitrogens with two attached hydrogens (primary N) is 1. The smallest absolute Gasteiger partial charge is 0.268 e. The zero-order chi connectivity index (χ0) is 15.5. The predicted molar refractivity (Wildman–Crippen MR) is 88.1 cm³/mol. The molecule has 0 radical (unpaired) electrons. The number of hydrogen-bond donors (Lipinski definition) is 1. The van der Waals surface area contributed by atoms with E-state index in [1.54, 1.807) is 0 Å². The molecule has 0 aromatic heterocycles. The molecule has 1 unspecified atom stereocenters. The lowest BCUT2D eigenvalue weighted by molar-refractivity contribution is -0.126. The largest absolute Gasteiger partial charge is 0.478 e. The Hall–Kier alpha value is -2.49. The third kappa shape index (κ3) is 2.77. The Morgan fingerprint density at radius 3 is 2.77 bits per heavy atom. The molecular formula is C18H20N2O2. The molecule has 4 heteroatoms. The van der Waals surface area contributed by atoms with Crippen LogP contribution in [0.25, 0.3) is 0 Å². The number of anilines is 2. The SMILES string of the molecule is CCCN1C(=O)C(Cc2cccc(N)c2)Oc2ccccc21.